The van der Waals surface area contributed by atoms with Gasteiger partial charge in [0.2, 0.25) is 0 Å². The molecule has 28 heavy (non-hydrogen) atoms. The van der Waals surface area contributed by atoms with E-state index in [4.69, 9.17) is 13.7 Å². The highest BCUT2D eigenvalue weighted by Gasteiger charge is 2.52. The van der Waals surface area contributed by atoms with Crippen molar-refractivity contribution in [2.45, 2.75) is 104 Å². The van der Waals surface area contributed by atoms with E-state index in [0.717, 1.165) is 21.2 Å². The highest BCUT2D eigenvalue weighted by Crippen LogP contribution is 2.45. The van der Waals surface area contributed by atoms with Crippen LogP contribution in [0.5, 0.6) is 5.75 Å². The molecule has 3 nitrogen and oxygen atoms in total. The van der Waals surface area contributed by atoms with E-state index in [-0.39, 0.29) is 18.3 Å². The van der Waals surface area contributed by atoms with Crippen LogP contribution in [0.4, 0.5) is 0 Å². The standard InChI is InChI=1S/C22H38BBrO3Si/c1-14(2)28(15(3)4,16(5)6)25-19-13-12-18(17(7)20(19)24)23-26-21(8,9)22(10,11)27-23/h12-16H,1-11H3. The number of benzene rings is 1. The van der Waals surface area contributed by atoms with Crippen molar-refractivity contribution in [3.63, 3.8) is 0 Å². The van der Waals surface area contributed by atoms with Crippen molar-refractivity contribution < 1.29 is 13.7 Å². The monoisotopic (exact) mass is 468 g/mol. The Hall–Kier alpha value is -0.298. The molecular weight excluding hydrogens is 431 g/mol. The summed E-state index contributed by atoms with van der Waals surface area (Å²) in [6, 6.07) is 4.20. The van der Waals surface area contributed by atoms with Gasteiger partial charge in [0.15, 0.2) is 0 Å². The van der Waals surface area contributed by atoms with Gasteiger partial charge >= 0.3 is 7.12 Å². The van der Waals surface area contributed by atoms with Crippen molar-refractivity contribution in [2.24, 2.45) is 0 Å². The van der Waals surface area contributed by atoms with Crippen LogP contribution in [0.1, 0.15) is 74.8 Å². The number of rotatable bonds is 6. The SMILES string of the molecule is Cc1c(B2OC(C)(C)C(C)(C)O2)ccc(O[Si](C(C)C)(C(C)C)C(C)C)c1Br. The van der Waals surface area contributed by atoms with Gasteiger partial charge in [0.25, 0.3) is 8.32 Å². The summed E-state index contributed by atoms with van der Waals surface area (Å²) in [5.74, 6) is 0.945. The molecule has 2 rings (SSSR count). The molecule has 0 atom stereocenters. The van der Waals surface area contributed by atoms with Gasteiger partial charge in [0, 0.05) is 0 Å². The third kappa shape index (κ3) is 3.99. The first-order valence-electron chi connectivity index (χ1n) is 10.5. The van der Waals surface area contributed by atoms with Crippen molar-refractivity contribution in [2.75, 3.05) is 0 Å². The number of hydrogen-bond donors (Lipinski definition) is 0. The van der Waals surface area contributed by atoms with Crippen LogP contribution >= 0.6 is 15.9 Å². The van der Waals surface area contributed by atoms with E-state index in [1.807, 2.05) is 0 Å². The van der Waals surface area contributed by atoms with Gasteiger partial charge in [-0.25, -0.2) is 0 Å². The molecule has 0 bridgehead atoms. The molecule has 0 aliphatic carbocycles. The van der Waals surface area contributed by atoms with Gasteiger partial charge in [-0.2, -0.15) is 0 Å². The van der Waals surface area contributed by atoms with Crippen molar-refractivity contribution in [1.82, 2.24) is 0 Å². The van der Waals surface area contributed by atoms with Crippen LogP contribution < -0.4 is 9.89 Å². The summed E-state index contributed by atoms with van der Waals surface area (Å²) in [6.07, 6.45) is 0. The Balaban J connectivity index is 2.42. The van der Waals surface area contributed by atoms with Crippen LogP contribution in [0.3, 0.4) is 0 Å². The maximum Gasteiger partial charge on any atom is 0.495 e. The van der Waals surface area contributed by atoms with Crippen LogP contribution in [-0.2, 0) is 9.31 Å². The van der Waals surface area contributed by atoms with E-state index >= 15 is 0 Å². The van der Waals surface area contributed by atoms with Crippen molar-refractivity contribution in [3.05, 3.63) is 22.2 Å². The topological polar surface area (TPSA) is 27.7 Å². The largest absolute Gasteiger partial charge is 0.542 e. The van der Waals surface area contributed by atoms with E-state index in [2.05, 4.69) is 104 Å². The molecule has 0 amide bonds. The molecular formula is C22H38BBrO3Si. The fourth-order valence-corrected chi connectivity index (χ4v) is 10.4. The zero-order chi connectivity index (χ0) is 21.7. The Morgan fingerprint density at radius 1 is 0.893 bits per heavy atom. The van der Waals surface area contributed by atoms with Gasteiger partial charge in [-0.1, -0.05) is 47.6 Å². The maximum absolute atomic E-state index is 6.91. The summed E-state index contributed by atoms with van der Waals surface area (Å²) in [5, 5.41) is 0. The second kappa shape index (κ2) is 8.09. The molecule has 6 heteroatoms. The van der Waals surface area contributed by atoms with Crippen LogP contribution in [0, 0.1) is 6.92 Å². The summed E-state index contributed by atoms with van der Waals surface area (Å²) in [4.78, 5) is 0. The van der Waals surface area contributed by atoms with E-state index in [0.29, 0.717) is 16.6 Å². The zero-order valence-electron chi connectivity index (χ0n) is 19.6. The Morgan fingerprint density at radius 3 is 1.71 bits per heavy atom. The zero-order valence-corrected chi connectivity index (χ0v) is 22.2. The summed E-state index contributed by atoms with van der Waals surface area (Å²) in [6.45, 7) is 24.3. The summed E-state index contributed by atoms with van der Waals surface area (Å²) in [7, 11) is -2.37. The Morgan fingerprint density at radius 2 is 1.32 bits per heavy atom. The summed E-state index contributed by atoms with van der Waals surface area (Å²) < 4.78 is 20.5. The highest BCUT2D eigenvalue weighted by molar-refractivity contribution is 9.10. The lowest BCUT2D eigenvalue weighted by Crippen LogP contribution is -2.51. The lowest BCUT2D eigenvalue weighted by molar-refractivity contribution is 0.00578. The van der Waals surface area contributed by atoms with E-state index in [9.17, 15) is 0 Å². The van der Waals surface area contributed by atoms with Gasteiger partial charge in [-0.05, 0) is 84.3 Å². The minimum absolute atomic E-state index is 0.346. The average molecular weight is 469 g/mol. The highest BCUT2D eigenvalue weighted by atomic mass is 79.9. The van der Waals surface area contributed by atoms with Crippen molar-refractivity contribution in [3.8, 4) is 5.75 Å². The third-order valence-electron chi connectivity index (χ3n) is 6.89. The van der Waals surface area contributed by atoms with Gasteiger partial charge in [-0.3, -0.25) is 0 Å². The first kappa shape index (κ1) is 24.0. The minimum atomic E-state index is -2.01. The summed E-state index contributed by atoms with van der Waals surface area (Å²) >= 11 is 3.82. The Bertz CT molecular complexity index is 678. The molecule has 1 aliphatic rings. The molecule has 1 aromatic carbocycles. The van der Waals surface area contributed by atoms with E-state index in [1.54, 1.807) is 0 Å². The fourth-order valence-electron chi connectivity index (χ4n) is 4.52. The van der Waals surface area contributed by atoms with Crippen LogP contribution in [-0.4, -0.2) is 26.6 Å². The third-order valence-corrected chi connectivity index (χ3v) is 13.9. The Kier molecular flexibility index (Phi) is 6.92. The smallest absolute Gasteiger partial charge is 0.495 e. The molecule has 1 aromatic rings. The first-order valence-corrected chi connectivity index (χ1v) is 13.4. The van der Waals surface area contributed by atoms with Crippen LogP contribution in [0.25, 0.3) is 0 Å². The summed E-state index contributed by atoms with van der Waals surface area (Å²) in [5.41, 5.74) is 3.08. The van der Waals surface area contributed by atoms with E-state index < -0.39 is 8.32 Å². The molecule has 0 N–H and O–H groups in total. The average Bonchev–Trinajstić information content (AvgIpc) is 2.75. The van der Waals surface area contributed by atoms with Gasteiger partial charge < -0.3 is 13.7 Å². The molecule has 1 heterocycles. The fraction of sp³-hybridized carbons (Fsp3) is 0.727. The Labute approximate surface area is 182 Å². The molecule has 1 fully saturated rings. The van der Waals surface area contributed by atoms with Crippen LogP contribution in [0.2, 0.25) is 16.6 Å². The molecule has 0 aromatic heterocycles. The van der Waals surface area contributed by atoms with Crippen molar-refractivity contribution in [1.29, 1.82) is 0 Å². The predicted molar refractivity (Wildman–Crippen MR) is 126 cm³/mol. The lowest BCUT2D eigenvalue weighted by atomic mass is 9.76. The first-order chi connectivity index (χ1) is 12.7. The predicted octanol–water partition coefficient (Wildman–Crippen LogP) is 6.61. The number of halogens is 1. The normalized spacial score (nSPS) is 19.2. The van der Waals surface area contributed by atoms with Gasteiger partial charge in [0.1, 0.15) is 5.75 Å². The number of hydrogen-bond acceptors (Lipinski definition) is 3. The minimum Gasteiger partial charge on any atom is -0.542 e. The molecule has 0 unspecified atom stereocenters. The molecule has 1 saturated heterocycles. The van der Waals surface area contributed by atoms with Gasteiger partial charge in [0.05, 0.1) is 15.7 Å². The van der Waals surface area contributed by atoms with Crippen molar-refractivity contribution >= 4 is 36.8 Å². The maximum atomic E-state index is 6.91. The molecule has 0 saturated carbocycles. The second-order valence-electron chi connectivity index (χ2n) is 10.1. The van der Waals surface area contributed by atoms with Crippen LogP contribution in [0.15, 0.2) is 16.6 Å². The van der Waals surface area contributed by atoms with Gasteiger partial charge in [-0.15, -0.1) is 0 Å². The molecule has 1 aliphatic heterocycles. The molecule has 0 spiro atoms. The lowest BCUT2D eigenvalue weighted by Gasteiger charge is -2.42. The second-order valence-corrected chi connectivity index (χ2v) is 16.3. The molecule has 0 radical (unpaired) electrons. The van der Waals surface area contributed by atoms with E-state index in [1.165, 1.54) is 0 Å². The molecule has 158 valence electrons. The quantitative estimate of drug-likeness (QED) is 0.439.